The number of hydrogen-bond acceptors (Lipinski definition) is 1. The Hall–Kier alpha value is -1.16. The van der Waals surface area contributed by atoms with E-state index in [1.54, 1.807) is 43.1 Å². The van der Waals surface area contributed by atoms with Crippen LogP contribution in [0.5, 0.6) is 5.75 Å². The summed E-state index contributed by atoms with van der Waals surface area (Å²) in [6.07, 6.45) is 17.0. The number of hydrogen-bond donors (Lipinski definition) is 0. The summed E-state index contributed by atoms with van der Waals surface area (Å²) < 4.78 is 29.0. The highest BCUT2D eigenvalue weighted by atomic mass is 28.3. The fourth-order valence-electron chi connectivity index (χ4n) is 6.19. The largest absolute Gasteiger partial charge is 0.459 e. The van der Waals surface area contributed by atoms with Crippen LogP contribution in [0.3, 0.4) is 0 Å². The predicted octanol–water partition coefficient (Wildman–Crippen LogP) is 9.15. The fourth-order valence-corrected chi connectivity index (χ4v) is 9.72. The van der Waals surface area contributed by atoms with Gasteiger partial charge in [0.1, 0.15) is 5.75 Å². The van der Waals surface area contributed by atoms with Crippen molar-refractivity contribution >= 4 is 8.80 Å². The summed E-state index contributed by atoms with van der Waals surface area (Å²) in [6, 6.07) is 12.4. The first-order chi connectivity index (χ1) is 15.6. The first-order valence-corrected chi connectivity index (χ1v) is 15.9. The average molecular weight is 463 g/mol. The standard InChI is InChI=1S/C28H44F2OSi/c1-2-3-6-19-32-20-17-26(18-21-32)25-13-9-23(10-14-25)7-4-5-8-24-11-15-27(16-12-24)31-22-28(29)30/h11-12,15-16,22-23,25-26,32H,2-10,13-14,17-21H2,1H3/t23-,25-,26?,32?. The van der Waals surface area contributed by atoms with Gasteiger partial charge in [0, 0.05) is 8.80 Å². The lowest BCUT2D eigenvalue weighted by molar-refractivity contribution is 0.184. The summed E-state index contributed by atoms with van der Waals surface area (Å²) in [5.41, 5.74) is 1.26. The van der Waals surface area contributed by atoms with Gasteiger partial charge in [0.2, 0.25) is 0 Å². The molecular weight excluding hydrogens is 418 g/mol. The normalized spacial score (nSPS) is 26.0. The Morgan fingerprint density at radius 3 is 2.25 bits per heavy atom. The molecule has 0 amide bonds. The number of unbranched alkanes of at least 4 members (excludes halogenated alkanes) is 3. The molecule has 32 heavy (non-hydrogen) atoms. The van der Waals surface area contributed by atoms with Gasteiger partial charge in [0.05, 0.1) is 0 Å². The van der Waals surface area contributed by atoms with Crippen LogP contribution in [-0.4, -0.2) is 8.80 Å². The van der Waals surface area contributed by atoms with Crippen molar-refractivity contribution in [3.8, 4) is 5.75 Å². The second kappa shape index (κ2) is 14.2. The van der Waals surface area contributed by atoms with Crippen molar-refractivity contribution in [2.24, 2.45) is 17.8 Å². The minimum Gasteiger partial charge on any atom is -0.459 e. The molecule has 4 heteroatoms. The van der Waals surface area contributed by atoms with E-state index in [-0.39, 0.29) is 8.80 Å². The van der Waals surface area contributed by atoms with E-state index in [1.807, 2.05) is 12.1 Å². The van der Waals surface area contributed by atoms with Gasteiger partial charge in [-0.1, -0.05) is 95.0 Å². The number of benzene rings is 1. The SMILES string of the molecule is CCCCC[SiH]1CCC([C@H]2CC[C@H](CCCCc3ccc(OC=C(F)F)cc3)CC2)CC1. The van der Waals surface area contributed by atoms with Gasteiger partial charge in [0.15, 0.2) is 6.26 Å². The first-order valence-electron chi connectivity index (χ1n) is 13.4. The van der Waals surface area contributed by atoms with Crippen molar-refractivity contribution in [2.75, 3.05) is 0 Å². The van der Waals surface area contributed by atoms with Gasteiger partial charge in [-0.2, -0.15) is 8.78 Å². The van der Waals surface area contributed by atoms with E-state index in [0.29, 0.717) is 12.0 Å². The summed E-state index contributed by atoms with van der Waals surface area (Å²) in [4.78, 5) is 0. The van der Waals surface area contributed by atoms with Crippen LogP contribution in [-0.2, 0) is 6.42 Å². The Bertz CT molecular complexity index is 655. The molecule has 1 nitrogen and oxygen atoms in total. The highest BCUT2D eigenvalue weighted by Gasteiger charge is 2.30. The van der Waals surface area contributed by atoms with Crippen molar-refractivity contribution in [1.29, 1.82) is 0 Å². The lowest BCUT2D eigenvalue weighted by Crippen LogP contribution is -2.28. The van der Waals surface area contributed by atoms with Crippen molar-refractivity contribution in [3.63, 3.8) is 0 Å². The smallest absolute Gasteiger partial charge is 0.305 e. The van der Waals surface area contributed by atoms with Crippen LogP contribution in [0.1, 0.15) is 89.5 Å². The number of rotatable bonds is 12. The van der Waals surface area contributed by atoms with Crippen LogP contribution >= 0.6 is 0 Å². The Morgan fingerprint density at radius 2 is 1.59 bits per heavy atom. The van der Waals surface area contributed by atoms with Gasteiger partial charge >= 0.3 is 6.08 Å². The number of ether oxygens (including phenoxy) is 1. The molecule has 2 aliphatic rings. The first kappa shape index (κ1) is 25.5. The van der Waals surface area contributed by atoms with Crippen LogP contribution < -0.4 is 4.74 Å². The maximum atomic E-state index is 12.1. The molecule has 1 heterocycles. The summed E-state index contributed by atoms with van der Waals surface area (Å²) in [5.74, 6) is 3.52. The monoisotopic (exact) mass is 462 g/mol. The van der Waals surface area contributed by atoms with Crippen molar-refractivity contribution in [2.45, 2.75) is 109 Å². The van der Waals surface area contributed by atoms with E-state index in [2.05, 4.69) is 6.92 Å². The molecule has 1 saturated heterocycles. The van der Waals surface area contributed by atoms with Gasteiger partial charge in [0.25, 0.3) is 0 Å². The van der Waals surface area contributed by atoms with E-state index in [4.69, 9.17) is 4.74 Å². The summed E-state index contributed by atoms with van der Waals surface area (Å²) in [7, 11) is -0.359. The zero-order valence-electron chi connectivity index (χ0n) is 20.2. The third kappa shape index (κ3) is 9.00. The van der Waals surface area contributed by atoms with Crippen LogP contribution in [0, 0.1) is 17.8 Å². The van der Waals surface area contributed by atoms with Crippen molar-refractivity contribution < 1.29 is 13.5 Å². The summed E-state index contributed by atoms with van der Waals surface area (Å²) in [5, 5.41) is 0. The van der Waals surface area contributed by atoms with Gasteiger partial charge in [-0.25, -0.2) is 0 Å². The maximum absolute atomic E-state index is 12.1. The van der Waals surface area contributed by atoms with Crippen LogP contribution in [0.25, 0.3) is 0 Å². The Morgan fingerprint density at radius 1 is 0.906 bits per heavy atom. The van der Waals surface area contributed by atoms with Crippen molar-refractivity contribution in [1.82, 2.24) is 0 Å². The number of halogens is 2. The topological polar surface area (TPSA) is 9.23 Å². The van der Waals surface area contributed by atoms with Gasteiger partial charge in [-0.05, 0) is 61.1 Å². The molecule has 180 valence electrons. The highest BCUT2D eigenvalue weighted by Crippen LogP contribution is 2.42. The molecule has 0 N–H and O–H groups in total. The van der Waals surface area contributed by atoms with Gasteiger partial charge in [-0.15, -0.1) is 0 Å². The van der Waals surface area contributed by atoms with Gasteiger partial charge < -0.3 is 4.74 Å². The maximum Gasteiger partial charge on any atom is 0.305 e. The molecule has 1 aromatic rings. The van der Waals surface area contributed by atoms with E-state index >= 15 is 0 Å². The van der Waals surface area contributed by atoms with Crippen LogP contribution in [0.2, 0.25) is 18.1 Å². The zero-order valence-corrected chi connectivity index (χ0v) is 21.3. The second-order valence-corrected chi connectivity index (χ2v) is 13.9. The van der Waals surface area contributed by atoms with E-state index in [1.165, 1.54) is 69.8 Å². The lowest BCUT2D eigenvalue weighted by atomic mass is 9.73. The summed E-state index contributed by atoms with van der Waals surface area (Å²) >= 11 is 0. The zero-order chi connectivity index (χ0) is 22.6. The summed E-state index contributed by atoms with van der Waals surface area (Å²) in [6.45, 7) is 2.32. The van der Waals surface area contributed by atoms with E-state index < -0.39 is 6.08 Å². The Kier molecular flexibility index (Phi) is 11.3. The molecular formula is C28H44F2OSi. The predicted molar refractivity (Wildman–Crippen MR) is 134 cm³/mol. The number of aryl methyl sites for hydroxylation is 1. The van der Waals surface area contributed by atoms with Crippen LogP contribution in [0.15, 0.2) is 36.6 Å². The molecule has 0 spiro atoms. The third-order valence-electron chi connectivity index (χ3n) is 8.20. The second-order valence-electron chi connectivity index (χ2n) is 10.5. The lowest BCUT2D eigenvalue weighted by Gasteiger charge is -2.37. The molecule has 0 bridgehead atoms. The fraction of sp³-hybridized carbons (Fsp3) is 0.714. The van der Waals surface area contributed by atoms with Crippen LogP contribution in [0.4, 0.5) is 8.78 Å². The Balaban J connectivity index is 1.25. The Labute approximate surface area is 196 Å². The molecule has 1 aliphatic carbocycles. The highest BCUT2D eigenvalue weighted by molar-refractivity contribution is 6.58. The molecule has 0 radical (unpaired) electrons. The molecule has 0 atom stereocenters. The minimum absolute atomic E-state index is 0.359. The minimum atomic E-state index is -1.81. The molecule has 1 saturated carbocycles. The molecule has 2 fully saturated rings. The van der Waals surface area contributed by atoms with Crippen molar-refractivity contribution in [3.05, 3.63) is 42.2 Å². The third-order valence-corrected chi connectivity index (χ3v) is 11.7. The molecule has 0 unspecified atom stereocenters. The molecule has 0 aromatic heterocycles. The molecule has 3 rings (SSSR count). The molecule has 1 aromatic carbocycles. The van der Waals surface area contributed by atoms with Gasteiger partial charge in [-0.3, -0.25) is 0 Å². The van der Waals surface area contributed by atoms with E-state index in [0.717, 1.165) is 24.2 Å². The van der Waals surface area contributed by atoms with E-state index in [9.17, 15) is 8.78 Å². The average Bonchev–Trinajstić information content (AvgIpc) is 2.82. The quantitative estimate of drug-likeness (QED) is 0.171. The molecule has 1 aliphatic heterocycles.